The summed E-state index contributed by atoms with van der Waals surface area (Å²) in [6.07, 6.45) is 0. The third kappa shape index (κ3) is 7.05. The van der Waals surface area contributed by atoms with Crippen LogP contribution in [0.1, 0.15) is 63.2 Å². The topological polar surface area (TPSA) is 167 Å². The van der Waals surface area contributed by atoms with Crippen molar-refractivity contribution in [3.05, 3.63) is 82.7 Å². The summed E-state index contributed by atoms with van der Waals surface area (Å²) in [5, 5.41) is 23.2. The van der Waals surface area contributed by atoms with E-state index in [2.05, 4.69) is 15.6 Å². The summed E-state index contributed by atoms with van der Waals surface area (Å²) >= 11 is 0. The number of benzene rings is 2. The first-order valence-corrected chi connectivity index (χ1v) is 12.2. The highest BCUT2D eigenvalue weighted by Crippen LogP contribution is 2.29. The summed E-state index contributed by atoms with van der Waals surface area (Å²) < 4.78 is 5.24. The molecule has 1 aromatic heterocycles. The van der Waals surface area contributed by atoms with Crippen LogP contribution in [0, 0.1) is 17.7 Å². The number of methoxy groups -OCH3 is 1. The number of carboxylic acids is 1. The standard InChI is InChI=1S/C29H33N5O5/c1-16-6-12-21(24(32-16)27(36)33-19-10-7-17(8-11-19)25(30)31)20-13-9-18(14-22(20)28(37)38)26(35)34-23(15-39-5)29(2,3)4/h6-14,23H,15H2,1-5H3,(H3,30,31)(H,33,36)(H,34,35)(H,37,38)/t23-/m1/s1. The number of rotatable bonds is 9. The van der Waals surface area contributed by atoms with Crippen molar-refractivity contribution in [1.29, 1.82) is 5.41 Å². The van der Waals surface area contributed by atoms with Gasteiger partial charge in [0.15, 0.2) is 0 Å². The van der Waals surface area contributed by atoms with Gasteiger partial charge in [0.2, 0.25) is 0 Å². The fraction of sp³-hybridized carbons (Fsp3) is 0.276. The minimum Gasteiger partial charge on any atom is -0.478 e. The average Bonchev–Trinajstić information content (AvgIpc) is 2.87. The molecule has 2 amide bonds. The summed E-state index contributed by atoms with van der Waals surface area (Å²) in [5.74, 6) is -2.33. The zero-order chi connectivity index (χ0) is 28.9. The number of nitrogens with zero attached hydrogens (tertiary/aromatic N) is 1. The first-order valence-electron chi connectivity index (χ1n) is 12.2. The van der Waals surface area contributed by atoms with Crippen molar-refractivity contribution in [3.63, 3.8) is 0 Å². The minimum absolute atomic E-state index is 0.0261. The highest BCUT2D eigenvalue weighted by atomic mass is 16.5. The largest absolute Gasteiger partial charge is 0.478 e. The number of nitrogen functional groups attached to an aromatic ring is 1. The number of pyridine rings is 1. The van der Waals surface area contributed by atoms with Crippen molar-refractivity contribution in [2.24, 2.45) is 11.1 Å². The Morgan fingerprint density at radius 3 is 2.18 bits per heavy atom. The van der Waals surface area contributed by atoms with Gasteiger partial charge in [-0.2, -0.15) is 0 Å². The Bertz CT molecular complexity index is 1410. The van der Waals surface area contributed by atoms with E-state index >= 15 is 0 Å². The third-order valence-electron chi connectivity index (χ3n) is 6.19. The number of carboxylic acid groups (broad SMARTS) is 1. The highest BCUT2D eigenvalue weighted by molar-refractivity contribution is 6.10. The van der Waals surface area contributed by atoms with Crippen LogP contribution in [0.15, 0.2) is 54.6 Å². The summed E-state index contributed by atoms with van der Waals surface area (Å²) in [7, 11) is 1.55. The quantitative estimate of drug-likeness (QED) is 0.205. The molecule has 0 spiro atoms. The van der Waals surface area contributed by atoms with Gasteiger partial charge in [0.1, 0.15) is 11.5 Å². The fourth-order valence-electron chi connectivity index (χ4n) is 3.88. The van der Waals surface area contributed by atoms with Crippen LogP contribution < -0.4 is 16.4 Å². The highest BCUT2D eigenvalue weighted by Gasteiger charge is 2.27. The molecule has 204 valence electrons. The number of aromatic carboxylic acids is 1. The lowest BCUT2D eigenvalue weighted by Crippen LogP contribution is -2.46. The van der Waals surface area contributed by atoms with E-state index in [4.69, 9.17) is 15.9 Å². The van der Waals surface area contributed by atoms with Gasteiger partial charge in [-0.25, -0.2) is 9.78 Å². The molecule has 0 unspecified atom stereocenters. The van der Waals surface area contributed by atoms with E-state index in [0.29, 0.717) is 29.1 Å². The first-order chi connectivity index (χ1) is 18.3. The molecule has 0 saturated heterocycles. The lowest BCUT2D eigenvalue weighted by atomic mass is 9.87. The number of aryl methyl sites for hydroxylation is 1. The second kappa shape index (κ2) is 11.9. The Labute approximate surface area is 227 Å². The number of nitrogens with one attached hydrogen (secondary N) is 3. The molecular weight excluding hydrogens is 498 g/mol. The van der Waals surface area contributed by atoms with Gasteiger partial charge >= 0.3 is 5.97 Å². The summed E-state index contributed by atoms with van der Waals surface area (Å²) in [5.41, 5.74) is 7.31. The van der Waals surface area contributed by atoms with Crippen LogP contribution in [0.25, 0.3) is 11.1 Å². The SMILES string of the molecule is COC[C@@H](NC(=O)c1ccc(-c2ccc(C)nc2C(=O)Nc2ccc(C(=N)N)cc2)c(C(=O)O)c1)C(C)(C)C. The summed E-state index contributed by atoms with van der Waals surface area (Å²) in [6, 6.07) is 13.7. The molecule has 1 heterocycles. The number of amidine groups is 1. The maximum absolute atomic E-state index is 13.2. The number of nitrogens with two attached hydrogens (primary N) is 1. The molecule has 0 radical (unpaired) electrons. The van der Waals surface area contributed by atoms with Gasteiger partial charge in [-0.1, -0.05) is 32.9 Å². The molecular formula is C29H33N5O5. The molecule has 39 heavy (non-hydrogen) atoms. The number of aromatic nitrogens is 1. The van der Waals surface area contributed by atoms with Crippen LogP contribution in [0.5, 0.6) is 0 Å². The second-order valence-corrected chi connectivity index (χ2v) is 10.2. The van der Waals surface area contributed by atoms with Crippen molar-refractivity contribution in [2.45, 2.75) is 33.7 Å². The fourth-order valence-corrected chi connectivity index (χ4v) is 3.88. The van der Waals surface area contributed by atoms with Crippen LogP contribution >= 0.6 is 0 Å². The molecule has 0 saturated carbocycles. The Balaban J connectivity index is 1.98. The molecule has 0 aliphatic carbocycles. The lowest BCUT2D eigenvalue weighted by Gasteiger charge is -2.31. The van der Waals surface area contributed by atoms with E-state index in [1.54, 1.807) is 50.4 Å². The van der Waals surface area contributed by atoms with Crippen molar-refractivity contribution in [2.75, 3.05) is 19.0 Å². The van der Waals surface area contributed by atoms with Crippen molar-refractivity contribution in [1.82, 2.24) is 10.3 Å². The van der Waals surface area contributed by atoms with Crippen LogP contribution in [-0.2, 0) is 4.74 Å². The smallest absolute Gasteiger partial charge is 0.336 e. The van der Waals surface area contributed by atoms with Gasteiger partial charge in [-0.15, -0.1) is 0 Å². The predicted octanol–water partition coefficient (Wildman–Crippen LogP) is 4.08. The second-order valence-electron chi connectivity index (χ2n) is 10.2. The van der Waals surface area contributed by atoms with E-state index in [1.165, 1.54) is 18.2 Å². The molecule has 10 heteroatoms. The van der Waals surface area contributed by atoms with Crippen molar-refractivity contribution < 1.29 is 24.2 Å². The molecule has 3 rings (SSSR count). The van der Waals surface area contributed by atoms with Crippen LogP contribution in [0.3, 0.4) is 0 Å². The normalized spacial score (nSPS) is 11.9. The Morgan fingerprint density at radius 2 is 1.62 bits per heavy atom. The average molecular weight is 532 g/mol. The predicted molar refractivity (Wildman–Crippen MR) is 149 cm³/mol. The third-order valence-corrected chi connectivity index (χ3v) is 6.19. The zero-order valence-electron chi connectivity index (χ0n) is 22.6. The number of ether oxygens (including phenoxy) is 1. The molecule has 1 atom stereocenters. The first kappa shape index (κ1) is 29.0. The van der Waals surface area contributed by atoms with Crippen LogP contribution in [0.2, 0.25) is 0 Å². The summed E-state index contributed by atoms with van der Waals surface area (Å²) in [6.45, 7) is 7.93. The number of carbonyl (C=O) groups excluding carboxylic acids is 2. The minimum atomic E-state index is -1.25. The van der Waals surface area contributed by atoms with E-state index in [0.717, 1.165) is 0 Å². The number of carbonyl (C=O) groups is 3. The Morgan fingerprint density at radius 1 is 1.00 bits per heavy atom. The van der Waals surface area contributed by atoms with E-state index in [9.17, 15) is 19.5 Å². The van der Waals surface area contributed by atoms with E-state index in [1.807, 2.05) is 20.8 Å². The molecule has 0 fully saturated rings. The molecule has 2 aromatic carbocycles. The van der Waals surface area contributed by atoms with Gasteiger partial charge < -0.3 is 26.2 Å². The van der Waals surface area contributed by atoms with E-state index < -0.39 is 17.8 Å². The van der Waals surface area contributed by atoms with Gasteiger partial charge in [-0.05, 0) is 60.4 Å². The van der Waals surface area contributed by atoms with Crippen molar-refractivity contribution >= 4 is 29.3 Å². The molecule has 6 N–H and O–H groups in total. The number of amides is 2. The number of anilines is 1. The van der Waals surface area contributed by atoms with Crippen molar-refractivity contribution in [3.8, 4) is 11.1 Å². The van der Waals surface area contributed by atoms with Crippen LogP contribution in [0.4, 0.5) is 5.69 Å². The Kier molecular flexibility index (Phi) is 8.82. The lowest BCUT2D eigenvalue weighted by molar-refractivity contribution is 0.0697. The monoisotopic (exact) mass is 531 g/mol. The Hall–Kier alpha value is -4.57. The molecule has 0 bridgehead atoms. The molecule has 10 nitrogen and oxygen atoms in total. The van der Waals surface area contributed by atoms with Crippen LogP contribution in [-0.4, -0.2) is 53.5 Å². The maximum atomic E-state index is 13.2. The summed E-state index contributed by atoms with van der Waals surface area (Å²) in [4.78, 5) is 42.9. The molecule has 0 aliphatic rings. The zero-order valence-corrected chi connectivity index (χ0v) is 22.6. The van der Waals surface area contributed by atoms with Gasteiger partial charge in [0.25, 0.3) is 11.8 Å². The molecule has 3 aromatic rings. The van der Waals surface area contributed by atoms with Gasteiger partial charge in [-0.3, -0.25) is 15.0 Å². The van der Waals surface area contributed by atoms with Gasteiger partial charge in [0, 0.05) is 35.2 Å². The molecule has 0 aliphatic heterocycles. The van der Waals surface area contributed by atoms with E-state index in [-0.39, 0.29) is 39.7 Å². The maximum Gasteiger partial charge on any atom is 0.336 e. The number of hydrogen-bond acceptors (Lipinski definition) is 6. The van der Waals surface area contributed by atoms with Gasteiger partial charge in [0.05, 0.1) is 18.2 Å². The number of hydrogen-bond donors (Lipinski definition) is 5.